The highest BCUT2D eigenvalue weighted by molar-refractivity contribution is 5.94. The molecule has 0 aliphatic carbocycles. The molecule has 0 spiro atoms. The third-order valence-corrected chi connectivity index (χ3v) is 4.36. The van der Waals surface area contributed by atoms with Crippen molar-refractivity contribution in [3.05, 3.63) is 42.5 Å². The van der Waals surface area contributed by atoms with Crippen molar-refractivity contribution >= 4 is 16.5 Å². The maximum absolute atomic E-state index is 3.65. The largest absolute Gasteiger partial charge is 0.370 e. The number of likely N-dealkylation sites (N-methyl/N-ethyl adjacent to an activating group) is 1. The van der Waals surface area contributed by atoms with E-state index in [1.165, 1.54) is 16.5 Å². The Balaban J connectivity index is 2.13. The SMILES string of the molecule is CCN(CCNC(C)(C)CC)c1cccc2ccccc12. The maximum atomic E-state index is 3.65. The Bertz CT molecular complexity index is 569. The van der Waals surface area contributed by atoms with Crippen LogP contribution in [0.2, 0.25) is 0 Å². The number of fused-ring (bicyclic) bond motifs is 1. The molecule has 1 N–H and O–H groups in total. The summed E-state index contributed by atoms with van der Waals surface area (Å²) in [4.78, 5) is 2.46. The highest BCUT2D eigenvalue weighted by atomic mass is 15.1. The lowest BCUT2D eigenvalue weighted by atomic mass is 10.0. The van der Waals surface area contributed by atoms with E-state index in [4.69, 9.17) is 0 Å². The van der Waals surface area contributed by atoms with Crippen LogP contribution < -0.4 is 10.2 Å². The quantitative estimate of drug-likeness (QED) is 0.808. The van der Waals surface area contributed by atoms with Crippen LogP contribution in [0.25, 0.3) is 10.8 Å². The topological polar surface area (TPSA) is 15.3 Å². The second kappa shape index (κ2) is 6.95. The van der Waals surface area contributed by atoms with Crippen molar-refractivity contribution in [2.24, 2.45) is 0 Å². The van der Waals surface area contributed by atoms with Crippen LogP contribution in [0.1, 0.15) is 34.1 Å². The molecule has 2 heteroatoms. The minimum Gasteiger partial charge on any atom is -0.370 e. The Morgan fingerprint density at radius 1 is 1.00 bits per heavy atom. The van der Waals surface area contributed by atoms with Gasteiger partial charge in [-0.3, -0.25) is 0 Å². The molecular formula is C19H28N2. The van der Waals surface area contributed by atoms with Gasteiger partial charge in [0.15, 0.2) is 0 Å². The average Bonchev–Trinajstić information content (AvgIpc) is 2.51. The van der Waals surface area contributed by atoms with Crippen LogP contribution in [0.15, 0.2) is 42.5 Å². The van der Waals surface area contributed by atoms with Gasteiger partial charge in [-0.2, -0.15) is 0 Å². The maximum Gasteiger partial charge on any atom is 0.0446 e. The molecule has 0 atom stereocenters. The molecule has 0 fully saturated rings. The van der Waals surface area contributed by atoms with Gasteiger partial charge in [0.05, 0.1) is 0 Å². The van der Waals surface area contributed by atoms with Gasteiger partial charge in [-0.05, 0) is 38.6 Å². The first-order chi connectivity index (χ1) is 10.1. The summed E-state index contributed by atoms with van der Waals surface area (Å²) in [5.74, 6) is 0. The van der Waals surface area contributed by atoms with Gasteiger partial charge >= 0.3 is 0 Å². The van der Waals surface area contributed by atoms with Gasteiger partial charge in [0.2, 0.25) is 0 Å². The number of rotatable bonds is 7. The molecule has 2 aromatic carbocycles. The van der Waals surface area contributed by atoms with Gasteiger partial charge in [0.1, 0.15) is 0 Å². The Morgan fingerprint density at radius 2 is 1.71 bits per heavy atom. The number of benzene rings is 2. The Labute approximate surface area is 129 Å². The zero-order valence-electron chi connectivity index (χ0n) is 13.8. The van der Waals surface area contributed by atoms with Crippen molar-refractivity contribution in [2.75, 3.05) is 24.5 Å². The van der Waals surface area contributed by atoms with Gasteiger partial charge in [0, 0.05) is 36.2 Å². The predicted octanol–water partition coefficient (Wildman–Crippen LogP) is 4.44. The van der Waals surface area contributed by atoms with Crippen molar-refractivity contribution in [3.63, 3.8) is 0 Å². The van der Waals surface area contributed by atoms with Crippen LogP contribution in [-0.2, 0) is 0 Å². The van der Waals surface area contributed by atoms with E-state index in [0.717, 1.165) is 26.1 Å². The molecule has 114 valence electrons. The number of hydrogen-bond acceptors (Lipinski definition) is 2. The number of nitrogens with zero attached hydrogens (tertiary/aromatic N) is 1. The first-order valence-electron chi connectivity index (χ1n) is 8.05. The first-order valence-corrected chi connectivity index (χ1v) is 8.05. The molecule has 0 heterocycles. The second-order valence-corrected chi connectivity index (χ2v) is 6.24. The van der Waals surface area contributed by atoms with Gasteiger partial charge in [-0.25, -0.2) is 0 Å². The molecule has 0 aliphatic heterocycles. The summed E-state index contributed by atoms with van der Waals surface area (Å²) in [7, 11) is 0. The monoisotopic (exact) mass is 284 g/mol. The number of nitrogens with one attached hydrogen (secondary N) is 1. The fraction of sp³-hybridized carbons (Fsp3) is 0.474. The van der Waals surface area contributed by atoms with Crippen LogP contribution in [0.5, 0.6) is 0 Å². The summed E-state index contributed by atoms with van der Waals surface area (Å²) in [6.07, 6.45) is 1.15. The lowest BCUT2D eigenvalue weighted by Gasteiger charge is -2.29. The van der Waals surface area contributed by atoms with E-state index >= 15 is 0 Å². The highest BCUT2D eigenvalue weighted by Crippen LogP contribution is 2.26. The molecule has 0 amide bonds. The Kier molecular flexibility index (Phi) is 5.24. The molecule has 0 bridgehead atoms. The second-order valence-electron chi connectivity index (χ2n) is 6.24. The average molecular weight is 284 g/mol. The molecule has 2 aromatic rings. The summed E-state index contributed by atoms with van der Waals surface area (Å²) >= 11 is 0. The van der Waals surface area contributed by atoms with E-state index in [-0.39, 0.29) is 5.54 Å². The van der Waals surface area contributed by atoms with Gasteiger partial charge < -0.3 is 10.2 Å². The zero-order valence-corrected chi connectivity index (χ0v) is 13.8. The Morgan fingerprint density at radius 3 is 2.43 bits per heavy atom. The van der Waals surface area contributed by atoms with Crippen molar-refractivity contribution in [1.82, 2.24) is 5.32 Å². The zero-order chi connectivity index (χ0) is 15.3. The van der Waals surface area contributed by atoms with Gasteiger partial charge in [-0.15, -0.1) is 0 Å². The summed E-state index contributed by atoms with van der Waals surface area (Å²) in [5.41, 5.74) is 1.56. The van der Waals surface area contributed by atoms with E-state index in [2.05, 4.69) is 80.4 Å². The third kappa shape index (κ3) is 3.98. The molecule has 2 nitrogen and oxygen atoms in total. The minimum absolute atomic E-state index is 0.220. The third-order valence-electron chi connectivity index (χ3n) is 4.36. The van der Waals surface area contributed by atoms with E-state index in [1.807, 2.05) is 0 Å². The molecule has 0 aromatic heterocycles. The standard InChI is InChI=1S/C19H28N2/c1-5-19(3,4)20-14-15-21(6-2)18-13-9-11-16-10-7-8-12-17(16)18/h7-13,20H,5-6,14-15H2,1-4H3. The normalized spacial score (nSPS) is 11.8. The predicted molar refractivity (Wildman–Crippen MR) is 94.2 cm³/mol. The smallest absolute Gasteiger partial charge is 0.0446 e. The fourth-order valence-electron chi connectivity index (χ4n) is 2.59. The van der Waals surface area contributed by atoms with Crippen molar-refractivity contribution in [3.8, 4) is 0 Å². The van der Waals surface area contributed by atoms with Crippen LogP contribution >= 0.6 is 0 Å². The molecule has 2 rings (SSSR count). The summed E-state index contributed by atoms with van der Waals surface area (Å²) < 4.78 is 0. The van der Waals surface area contributed by atoms with E-state index in [9.17, 15) is 0 Å². The van der Waals surface area contributed by atoms with Crippen molar-refractivity contribution < 1.29 is 0 Å². The van der Waals surface area contributed by atoms with Crippen LogP contribution in [0.3, 0.4) is 0 Å². The lowest BCUT2D eigenvalue weighted by molar-refractivity contribution is 0.380. The Hall–Kier alpha value is -1.54. The fourth-order valence-corrected chi connectivity index (χ4v) is 2.59. The molecule has 0 saturated heterocycles. The van der Waals surface area contributed by atoms with Crippen LogP contribution in [0.4, 0.5) is 5.69 Å². The van der Waals surface area contributed by atoms with E-state index in [0.29, 0.717) is 0 Å². The molecule has 0 saturated carbocycles. The van der Waals surface area contributed by atoms with E-state index in [1.54, 1.807) is 0 Å². The lowest BCUT2D eigenvalue weighted by Crippen LogP contribution is -2.43. The van der Waals surface area contributed by atoms with Crippen molar-refractivity contribution in [2.45, 2.75) is 39.7 Å². The van der Waals surface area contributed by atoms with Gasteiger partial charge in [0.25, 0.3) is 0 Å². The molecule has 0 unspecified atom stereocenters. The molecule has 21 heavy (non-hydrogen) atoms. The number of anilines is 1. The first kappa shape index (κ1) is 15.8. The minimum atomic E-state index is 0.220. The number of hydrogen-bond donors (Lipinski definition) is 1. The summed E-state index contributed by atoms with van der Waals surface area (Å²) in [5, 5.41) is 6.31. The van der Waals surface area contributed by atoms with Crippen LogP contribution in [-0.4, -0.2) is 25.2 Å². The molecule has 0 radical (unpaired) electrons. The summed E-state index contributed by atoms with van der Waals surface area (Å²) in [6, 6.07) is 15.2. The van der Waals surface area contributed by atoms with Gasteiger partial charge in [-0.1, -0.05) is 43.3 Å². The molecule has 0 aliphatic rings. The van der Waals surface area contributed by atoms with E-state index < -0.39 is 0 Å². The van der Waals surface area contributed by atoms with Crippen molar-refractivity contribution in [1.29, 1.82) is 0 Å². The highest BCUT2D eigenvalue weighted by Gasteiger charge is 2.14. The molecular weight excluding hydrogens is 256 g/mol. The van der Waals surface area contributed by atoms with Crippen LogP contribution in [0, 0.1) is 0 Å². The summed E-state index contributed by atoms with van der Waals surface area (Å²) in [6.45, 7) is 12.1.